The Balaban J connectivity index is 0.000000168. The number of phenolic OH excluding ortho intramolecular Hbond substituents is 1. The minimum absolute atomic E-state index is 0. The third kappa shape index (κ3) is 6.50. The molecule has 2 aromatic heterocycles. The van der Waals surface area contributed by atoms with Gasteiger partial charge in [-0.15, -0.1) is 36.6 Å². The van der Waals surface area contributed by atoms with Crippen LogP contribution >= 0.6 is 0 Å². The molecule has 6 heteroatoms. The van der Waals surface area contributed by atoms with Crippen molar-refractivity contribution in [1.82, 2.24) is 9.97 Å². The minimum Gasteiger partial charge on any atom is -0.506 e. The number of benzene rings is 3. The first-order valence-corrected chi connectivity index (χ1v) is 11.5. The van der Waals surface area contributed by atoms with Crippen LogP contribution < -0.4 is 9.80 Å². The van der Waals surface area contributed by atoms with Gasteiger partial charge in [-0.25, -0.2) is 0 Å². The molecule has 6 rings (SSSR count). The largest absolute Gasteiger partial charge is 3.00 e. The molecule has 0 saturated carbocycles. The predicted molar refractivity (Wildman–Crippen MR) is 144 cm³/mol. The van der Waals surface area contributed by atoms with Crippen LogP contribution in [0.5, 0.6) is 5.75 Å². The summed E-state index contributed by atoms with van der Waals surface area (Å²) in [6.45, 7) is 1.90. The number of aromatic hydroxyl groups is 1. The maximum Gasteiger partial charge on any atom is 3.00 e. The molecule has 37 heavy (non-hydrogen) atoms. The van der Waals surface area contributed by atoms with E-state index in [1.165, 1.54) is 0 Å². The number of hydrogen-bond acceptors (Lipinski definition) is 5. The smallest absolute Gasteiger partial charge is 0.506 e. The molecule has 5 aromatic rings. The van der Waals surface area contributed by atoms with Crippen molar-refractivity contribution >= 4 is 11.4 Å². The molecule has 0 saturated heterocycles. The molecule has 0 fully saturated rings. The van der Waals surface area contributed by atoms with Gasteiger partial charge in [0.15, 0.2) is 0 Å². The monoisotopic (exact) mass is 660 g/mol. The molecule has 1 N–H and O–H groups in total. The standard InChI is InChI=1S/C16H11N2.C15H12N2O.Ir/c1-3-10-17-15(8-1)13-6-5-7-14(12-13)16-9-2-4-11-18-16;18-15-9-5-4-8-14(15)17-11-10-16(12-17)13-6-2-1-3-7-13;/h1-11H;1-6,8-12,18H;/q-1;-2;+3. The fraction of sp³-hybridized carbons (Fsp3) is 0. The van der Waals surface area contributed by atoms with Gasteiger partial charge >= 0.3 is 20.1 Å². The maximum atomic E-state index is 9.81. The van der Waals surface area contributed by atoms with Gasteiger partial charge in [0.25, 0.3) is 0 Å². The summed E-state index contributed by atoms with van der Waals surface area (Å²) in [5, 5.41) is 9.81. The van der Waals surface area contributed by atoms with Gasteiger partial charge in [0.05, 0.1) is 5.69 Å². The fourth-order valence-electron chi connectivity index (χ4n) is 3.68. The van der Waals surface area contributed by atoms with E-state index in [0.29, 0.717) is 0 Å². The van der Waals surface area contributed by atoms with Crippen LogP contribution in [0, 0.1) is 18.8 Å². The van der Waals surface area contributed by atoms with Gasteiger partial charge in [0.1, 0.15) is 5.75 Å². The van der Waals surface area contributed by atoms with Crippen LogP contribution in [0.25, 0.3) is 22.5 Å². The zero-order valence-electron chi connectivity index (χ0n) is 19.8. The summed E-state index contributed by atoms with van der Waals surface area (Å²) < 4.78 is 0. The number of nitrogens with zero attached hydrogens (tertiary/aromatic N) is 4. The first kappa shape index (κ1) is 25.8. The second-order valence-electron chi connectivity index (χ2n) is 7.87. The van der Waals surface area contributed by atoms with Gasteiger partial charge in [-0.3, -0.25) is 9.97 Å². The summed E-state index contributed by atoms with van der Waals surface area (Å²) in [5.41, 5.74) is 5.54. The number of para-hydroxylation sites is 3. The van der Waals surface area contributed by atoms with Gasteiger partial charge in [-0.05, 0) is 36.7 Å². The van der Waals surface area contributed by atoms with E-state index in [9.17, 15) is 5.11 Å². The predicted octanol–water partition coefficient (Wildman–Crippen LogP) is 6.72. The first-order valence-electron chi connectivity index (χ1n) is 11.5. The summed E-state index contributed by atoms with van der Waals surface area (Å²) in [6.07, 6.45) is 7.40. The van der Waals surface area contributed by atoms with Crippen LogP contribution in [-0.2, 0) is 20.1 Å². The Labute approximate surface area is 230 Å². The van der Waals surface area contributed by atoms with Gasteiger partial charge in [0.2, 0.25) is 0 Å². The molecule has 0 unspecified atom stereocenters. The minimum atomic E-state index is 0. The number of hydrogen-bond donors (Lipinski definition) is 1. The maximum absolute atomic E-state index is 9.81. The molecule has 182 valence electrons. The van der Waals surface area contributed by atoms with Crippen LogP contribution in [0.1, 0.15) is 0 Å². The van der Waals surface area contributed by atoms with Crippen LogP contribution in [0.15, 0.2) is 128 Å². The second kappa shape index (κ2) is 12.6. The Bertz CT molecular complexity index is 1380. The quantitative estimate of drug-likeness (QED) is 0.217. The molecule has 0 aliphatic carbocycles. The second-order valence-corrected chi connectivity index (χ2v) is 7.87. The van der Waals surface area contributed by atoms with Crippen LogP contribution in [0.3, 0.4) is 0 Å². The summed E-state index contributed by atoms with van der Waals surface area (Å²) in [6, 6.07) is 39.3. The number of pyridine rings is 2. The third-order valence-electron chi connectivity index (χ3n) is 5.44. The molecular formula is C31H23IrN4O. The molecule has 0 bridgehead atoms. The Morgan fingerprint density at radius 1 is 0.649 bits per heavy atom. The van der Waals surface area contributed by atoms with Crippen molar-refractivity contribution in [3.05, 3.63) is 147 Å². The van der Waals surface area contributed by atoms with Crippen molar-refractivity contribution < 1.29 is 25.2 Å². The van der Waals surface area contributed by atoms with Crippen molar-refractivity contribution in [2.45, 2.75) is 0 Å². The molecule has 3 heterocycles. The molecule has 0 spiro atoms. The third-order valence-corrected chi connectivity index (χ3v) is 5.44. The zero-order valence-corrected chi connectivity index (χ0v) is 22.2. The molecular weight excluding hydrogens is 637 g/mol. The van der Waals surface area contributed by atoms with E-state index in [-0.39, 0.29) is 25.9 Å². The molecule has 1 aliphatic rings. The van der Waals surface area contributed by atoms with Crippen LogP contribution in [0.4, 0.5) is 11.4 Å². The van der Waals surface area contributed by atoms with Gasteiger partial charge in [-0.1, -0.05) is 47.5 Å². The average molecular weight is 660 g/mol. The molecule has 0 radical (unpaired) electrons. The first-order chi connectivity index (χ1) is 17.8. The van der Waals surface area contributed by atoms with E-state index in [1.807, 2.05) is 120 Å². The summed E-state index contributed by atoms with van der Waals surface area (Å²) in [7, 11) is 0. The zero-order chi connectivity index (χ0) is 24.6. The van der Waals surface area contributed by atoms with Crippen molar-refractivity contribution in [2.24, 2.45) is 0 Å². The van der Waals surface area contributed by atoms with E-state index < -0.39 is 0 Å². The van der Waals surface area contributed by atoms with E-state index in [4.69, 9.17) is 0 Å². The van der Waals surface area contributed by atoms with E-state index in [1.54, 1.807) is 24.5 Å². The Morgan fingerprint density at radius 2 is 1.27 bits per heavy atom. The van der Waals surface area contributed by atoms with Crippen molar-refractivity contribution in [1.29, 1.82) is 0 Å². The average Bonchev–Trinajstić information content (AvgIpc) is 3.45. The van der Waals surface area contributed by atoms with E-state index >= 15 is 0 Å². The number of aromatic nitrogens is 2. The van der Waals surface area contributed by atoms with Crippen LogP contribution in [-0.4, -0.2) is 15.1 Å². The summed E-state index contributed by atoms with van der Waals surface area (Å²) >= 11 is 0. The van der Waals surface area contributed by atoms with Crippen molar-refractivity contribution in [3.63, 3.8) is 0 Å². The van der Waals surface area contributed by atoms with Gasteiger partial charge in [-0.2, -0.15) is 30.3 Å². The van der Waals surface area contributed by atoms with Gasteiger partial charge in [0, 0.05) is 23.8 Å². The Morgan fingerprint density at radius 3 is 1.86 bits per heavy atom. The van der Waals surface area contributed by atoms with Crippen molar-refractivity contribution in [3.8, 4) is 28.3 Å². The molecule has 1 aliphatic heterocycles. The Hall–Kier alpha value is -4.25. The molecule has 0 atom stereocenters. The van der Waals surface area contributed by atoms with Crippen molar-refractivity contribution in [2.75, 3.05) is 9.80 Å². The Kier molecular flexibility index (Phi) is 8.82. The normalized spacial score (nSPS) is 11.9. The molecule has 0 amide bonds. The molecule has 3 aromatic carbocycles. The number of phenols is 1. The SMILES string of the molecule is Oc1ccccc1N1C=CN(c2[c-]cccc2)[CH-]1.[Ir+3].[c-]1c(-c2ccccn2)cccc1-c1ccccn1. The fourth-order valence-corrected chi connectivity index (χ4v) is 3.68. The molecule has 5 nitrogen and oxygen atoms in total. The topological polar surface area (TPSA) is 52.5 Å². The van der Waals surface area contributed by atoms with E-state index in [0.717, 1.165) is 33.9 Å². The summed E-state index contributed by atoms with van der Waals surface area (Å²) in [5.74, 6) is 0.261. The number of rotatable bonds is 4. The number of anilines is 2. The van der Waals surface area contributed by atoms with E-state index in [2.05, 4.69) is 22.1 Å². The summed E-state index contributed by atoms with van der Waals surface area (Å²) in [4.78, 5) is 12.5. The van der Waals surface area contributed by atoms with Gasteiger partial charge < -0.3 is 14.9 Å². The van der Waals surface area contributed by atoms with Crippen LogP contribution in [0.2, 0.25) is 0 Å².